The van der Waals surface area contributed by atoms with Gasteiger partial charge in [-0.25, -0.2) is 8.42 Å². The van der Waals surface area contributed by atoms with Crippen LogP contribution in [-0.2, 0) is 10.0 Å². The highest BCUT2D eigenvalue weighted by molar-refractivity contribution is 7.93. The predicted molar refractivity (Wildman–Crippen MR) is 124 cm³/mol. The standard InChI is InChI=1S/C22H20ClN3O3S2/c1-14(2)15-6-10-18(11-7-15)26(3)31(27,28)19-12-13-30-20(19)22-24-21(25-29-22)16-4-8-17(23)9-5-16/h4-14H,1-3H3. The molecule has 0 radical (unpaired) electrons. The Morgan fingerprint density at radius 2 is 1.71 bits per heavy atom. The van der Waals surface area contributed by atoms with Gasteiger partial charge in [0.05, 0.1) is 5.69 Å². The molecule has 4 rings (SSSR count). The third-order valence-corrected chi connectivity index (χ3v) is 8.03. The van der Waals surface area contributed by atoms with Gasteiger partial charge in [0.1, 0.15) is 9.77 Å². The van der Waals surface area contributed by atoms with E-state index in [1.807, 2.05) is 24.3 Å². The van der Waals surface area contributed by atoms with E-state index in [9.17, 15) is 8.42 Å². The Morgan fingerprint density at radius 3 is 2.35 bits per heavy atom. The molecular formula is C22H20ClN3O3S2. The van der Waals surface area contributed by atoms with Crippen LogP contribution in [0.5, 0.6) is 0 Å². The van der Waals surface area contributed by atoms with Gasteiger partial charge in [-0.05, 0) is 59.3 Å². The van der Waals surface area contributed by atoms with Crippen LogP contribution in [0.25, 0.3) is 22.2 Å². The molecule has 0 bridgehead atoms. The van der Waals surface area contributed by atoms with Crippen LogP contribution in [0.1, 0.15) is 25.3 Å². The fraction of sp³-hybridized carbons (Fsp3) is 0.182. The van der Waals surface area contributed by atoms with E-state index >= 15 is 0 Å². The van der Waals surface area contributed by atoms with Crippen LogP contribution < -0.4 is 4.31 Å². The minimum absolute atomic E-state index is 0.124. The van der Waals surface area contributed by atoms with Crippen molar-refractivity contribution in [3.05, 3.63) is 70.6 Å². The van der Waals surface area contributed by atoms with E-state index < -0.39 is 10.0 Å². The number of halogens is 1. The van der Waals surface area contributed by atoms with E-state index in [2.05, 4.69) is 24.0 Å². The van der Waals surface area contributed by atoms with Crippen LogP contribution in [0.3, 0.4) is 0 Å². The lowest BCUT2D eigenvalue weighted by molar-refractivity contribution is 0.432. The lowest BCUT2D eigenvalue weighted by atomic mass is 10.0. The molecule has 0 saturated heterocycles. The van der Waals surface area contributed by atoms with E-state index in [-0.39, 0.29) is 10.8 Å². The SMILES string of the molecule is CC(C)c1ccc(N(C)S(=O)(=O)c2ccsc2-c2nc(-c3ccc(Cl)cc3)no2)cc1. The molecule has 0 fully saturated rings. The van der Waals surface area contributed by atoms with Crippen LogP contribution >= 0.6 is 22.9 Å². The maximum Gasteiger partial charge on any atom is 0.269 e. The summed E-state index contributed by atoms with van der Waals surface area (Å²) < 4.78 is 33.4. The summed E-state index contributed by atoms with van der Waals surface area (Å²) in [6, 6.07) is 16.1. The number of thiophene rings is 1. The van der Waals surface area contributed by atoms with Crippen LogP contribution in [0.2, 0.25) is 5.02 Å². The summed E-state index contributed by atoms with van der Waals surface area (Å²) in [5.41, 5.74) is 2.45. The summed E-state index contributed by atoms with van der Waals surface area (Å²) in [6.45, 7) is 4.19. The maximum absolute atomic E-state index is 13.3. The van der Waals surface area contributed by atoms with Crippen molar-refractivity contribution < 1.29 is 12.9 Å². The minimum atomic E-state index is -3.82. The smallest absolute Gasteiger partial charge is 0.269 e. The maximum atomic E-state index is 13.3. The highest BCUT2D eigenvalue weighted by Crippen LogP contribution is 2.35. The Bertz CT molecular complexity index is 1290. The Labute approximate surface area is 190 Å². The van der Waals surface area contributed by atoms with E-state index in [0.717, 1.165) is 11.1 Å². The lowest BCUT2D eigenvalue weighted by Crippen LogP contribution is -2.26. The number of aromatic nitrogens is 2. The van der Waals surface area contributed by atoms with Crippen molar-refractivity contribution in [3.63, 3.8) is 0 Å². The molecule has 0 aliphatic carbocycles. The van der Waals surface area contributed by atoms with Crippen LogP contribution in [-0.4, -0.2) is 25.6 Å². The second-order valence-electron chi connectivity index (χ2n) is 7.26. The Kier molecular flexibility index (Phi) is 5.88. The van der Waals surface area contributed by atoms with E-state index in [4.69, 9.17) is 16.1 Å². The fourth-order valence-electron chi connectivity index (χ4n) is 3.04. The number of sulfonamides is 1. The summed E-state index contributed by atoms with van der Waals surface area (Å²) in [5.74, 6) is 0.884. The van der Waals surface area contributed by atoms with Crippen molar-refractivity contribution >= 4 is 38.6 Å². The summed E-state index contributed by atoms with van der Waals surface area (Å²) in [5, 5.41) is 6.29. The molecule has 31 heavy (non-hydrogen) atoms. The first-order valence-corrected chi connectivity index (χ1v) is 12.2. The fourth-order valence-corrected chi connectivity index (χ4v) is 5.68. The van der Waals surface area contributed by atoms with Gasteiger partial charge in [-0.3, -0.25) is 4.31 Å². The molecule has 0 aliphatic rings. The molecule has 2 aromatic carbocycles. The Hall–Kier alpha value is -2.68. The van der Waals surface area contributed by atoms with E-state index in [0.29, 0.717) is 27.3 Å². The van der Waals surface area contributed by atoms with E-state index in [1.54, 1.807) is 35.7 Å². The van der Waals surface area contributed by atoms with Gasteiger partial charge in [0.2, 0.25) is 5.82 Å². The minimum Gasteiger partial charge on any atom is -0.333 e. The van der Waals surface area contributed by atoms with E-state index in [1.165, 1.54) is 22.7 Å². The lowest BCUT2D eigenvalue weighted by Gasteiger charge is -2.20. The van der Waals surface area contributed by atoms with Gasteiger partial charge in [-0.15, -0.1) is 11.3 Å². The molecule has 6 nitrogen and oxygen atoms in total. The van der Waals surface area contributed by atoms with Gasteiger partial charge in [-0.1, -0.05) is 42.7 Å². The molecule has 9 heteroatoms. The second kappa shape index (κ2) is 8.45. The molecule has 2 aromatic heterocycles. The molecule has 0 aliphatic heterocycles. The molecule has 160 valence electrons. The summed E-state index contributed by atoms with van der Waals surface area (Å²) in [7, 11) is -2.29. The van der Waals surface area contributed by atoms with Crippen molar-refractivity contribution in [1.29, 1.82) is 0 Å². The largest absolute Gasteiger partial charge is 0.333 e. The molecule has 0 atom stereocenters. The van der Waals surface area contributed by atoms with Gasteiger partial charge in [-0.2, -0.15) is 4.98 Å². The quantitative estimate of drug-likeness (QED) is 0.340. The van der Waals surface area contributed by atoms with Crippen molar-refractivity contribution in [2.45, 2.75) is 24.7 Å². The summed E-state index contributed by atoms with van der Waals surface area (Å²) in [6.07, 6.45) is 0. The number of nitrogens with zero attached hydrogens (tertiary/aromatic N) is 3. The van der Waals surface area contributed by atoms with Gasteiger partial charge in [0, 0.05) is 17.6 Å². The number of hydrogen-bond acceptors (Lipinski definition) is 6. The summed E-state index contributed by atoms with van der Waals surface area (Å²) >= 11 is 7.16. The van der Waals surface area contributed by atoms with Gasteiger partial charge in [0.25, 0.3) is 15.9 Å². The monoisotopic (exact) mass is 473 g/mol. The van der Waals surface area contributed by atoms with Crippen LogP contribution in [0.4, 0.5) is 5.69 Å². The van der Waals surface area contributed by atoms with Crippen LogP contribution in [0.15, 0.2) is 69.4 Å². The van der Waals surface area contributed by atoms with Gasteiger partial charge >= 0.3 is 0 Å². The zero-order valence-electron chi connectivity index (χ0n) is 17.1. The zero-order chi connectivity index (χ0) is 22.2. The van der Waals surface area contributed by atoms with Crippen LogP contribution in [0, 0.1) is 0 Å². The van der Waals surface area contributed by atoms with Crippen molar-refractivity contribution in [2.24, 2.45) is 0 Å². The molecule has 4 aromatic rings. The first kappa shape index (κ1) is 21.5. The highest BCUT2D eigenvalue weighted by atomic mass is 35.5. The molecule has 0 N–H and O–H groups in total. The molecule has 0 saturated carbocycles. The molecule has 0 amide bonds. The number of rotatable bonds is 6. The summed E-state index contributed by atoms with van der Waals surface area (Å²) in [4.78, 5) is 4.92. The third-order valence-electron chi connectivity index (χ3n) is 4.91. The molecule has 0 unspecified atom stereocenters. The van der Waals surface area contributed by atoms with Gasteiger partial charge < -0.3 is 4.52 Å². The molecular weight excluding hydrogens is 454 g/mol. The molecule has 0 spiro atoms. The average Bonchev–Trinajstić information content (AvgIpc) is 3.43. The highest BCUT2D eigenvalue weighted by Gasteiger charge is 2.28. The van der Waals surface area contributed by atoms with Gasteiger partial charge in [0.15, 0.2) is 0 Å². The normalized spacial score (nSPS) is 11.8. The number of benzene rings is 2. The van der Waals surface area contributed by atoms with Crippen molar-refractivity contribution in [1.82, 2.24) is 10.1 Å². The Balaban J connectivity index is 1.66. The number of hydrogen-bond donors (Lipinski definition) is 0. The first-order valence-electron chi connectivity index (χ1n) is 9.54. The van der Waals surface area contributed by atoms with Crippen molar-refractivity contribution in [2.75, 3.05) is 11.4 Å². The average molecular weight is 474 g/mol. The predicted octanol–water partition coefficient (Wildman–Crippen LogP) is 6.07. The van der Waals surface area contributed by atoms with Crippen molar-refractivity contribution in [3.8, 4) is 22.2 Å². The number of anilines is 1. The molecule has 2 heterocycles. The Morgan fingerprint density at radius 1 is 1.03 bits per heavy atom. The third kappa shape index (κ3) is 4.23. The zero-order valence-corrected chi connectivity index (χ0v) is 19.5. The first-order chi connectivity index (χ1) is 14.8. The topological polar surface area (TPSA) is 76.3 Å². The second-order valence-corrected chi connectivity index (χ2v) is 10.6.